The van der Waals surface area contributed by atoms with Crippen molar-refractivity contribution in [2.24, 2.45) is 0 Å². The lowest BCUT2D eigenvalue weighted by Gasteiger charge is -1.86. The number of carbonyl (C=O) groups excluding carboxylic acids is 1. The summed E-state index contributed by atoms with van der Waals surface area (Å²) in [6.07, 6.45) is 0. The molecule has 0 aromatic heterocycles. The summed E-state index contributed by atoms with van der Waals surface area (Å²) in [6.45, 7) is 2.78. The van der Waals surface area contributed by atoms with Crippen molar-refractivity contribution in [3.05, 3.63) is 12.2 Å². The zero-order valence-electron chi connectivity index (χ0n) is 3.65. The van der Waals surface area contributed by atoms with Crippen LogP contribution in [0.2, 0.25) is 0 Å². The summed E-state index contributed by atoms with van der Waals surface area (Å²) in [5.41, 5.74) is 0.0293. The molecular weight excluding hydrogens is 115 g/mol. The Balaban J connectivity index is 3.58. The van der Waals surface area contributed by atoms with Gasteiger partial charge >= 0.3 is 0 Å². The molecule has 0 saturated carbocycles. The minimum Gasteiger partial charge on any atom is -0.392 e. The Morgan fingerprint density at radius 2 is 2.29 bits per heavy atom. The lowest BCUT2D eigenvalue weighted by molar-refractivity contribution is -0.108. The summed E-state index contributed by atoms with van der Waals surface area (Å²) >= 11 is 4.83. The third-order valence-electron chi connectivity index (χ3n) is 0.469. The first-order valence-electron chi connectivity index (χ1n) is 1.67. The number of aliphatic hydroxyl groups is 1. The third-order valence-corrected chi connectivity index (χ3v) is 0.736. The summed E-state index contributed by atoms with van der Waals surface area (Å²) in [5, 5.41) is 7.42. The molecule has 0 spiro atoms. The van der Waals surface area contributed by atoms with E-state index in [9.17, 15) is 4.79 Å². The molecule has 0 aliphatic carbocycles. The van der Waals surface area contributed by atoms with Gasteiger partial charge in [0.2, 0.25) is 5.24 Å². The average molecular weight is 121 g/mol. The number of hydrogen-bond donors (Lipinski definition) is 1. The van der Waals surface area contributed by atoms with Gasteiger partial charge in [0.1, 0.15) is 0 Å². The summed E-state index contributed by atoms with van der Waals surface area (Å²) < 4.78 is 0. The predicted molar refractivity (Wildman–Crippen MR) is 27.1 cm³/mol. The Kier molecular flexibility index (Phi) is 2.64. The fraction of sp³-hybridized carbons (Fsp3) is 0.250. The van der Waals surface area contributed by atoms with Gasteiger partial charge in [0.15, 0.2) is 0 Å². The molecule has 0 heterocycles. The molecule has 0 fully saturated rings. The maximum atomic E-state index is 9.88. The third kappa shape index (κ3) is 2.37. The molecule has 0 unspecified atom stereocenters. The van der Waals surface area contributed by atoms with Crippen molar-refractivity contribution >= 4 is 16.8 Å². The molecular formula is C4H5ClO2. The first-order valence-corrected chi connectivity index (χ1v) is 2.04. The van der Waals surface area contributed by atoms with Crippen LogP contribution < -0.4 is 0 Å². The molecule has 2 nitrogen and oxygen atoms in total. The second kappa shape index (κ2) is 2.77. The van der Waals surface area contributed by atoms with Gasteiger partial charge in [-0.1, -0.05) is 6.58 Å². The summed E-state index contributed by atoms with van der Waals surface area (Å²) in [4.78, 5) is 9.88. The number of halogens is 1. The maximum absolute atomic E-state index is 9.88. The van der Waals surface area contributed by atoms with Crippen LogP contribution in [0.15, 0.2) is 12.2 Å². The van der Waals surface area contributed by atoms with Gasteiger partial charge < -0.3 is 5.11 Å². The van der Waals surface area contributed by atoms with Crippen LogP contribution in [0.1, 0.15) is 0 Å². The van der Waals surface area contributed by atoms with Crippen LogP contribution in [0.4, 0.5) is 0 Å². The van der Waals surface area contributed by atoms with E-state index in [1.807, 2.05) is 0 Å². The fourth-order valence-corrected chi connectivity index (χ4v) is 0.122. The van der Waals surface area contributed by atoms with Gasteiger partial charge in [-0.3, -0.25) is 4.79 Å². The highest BCUT2D eigenvalue weighted by molar-refractivity contribution is 6.67. The SMILES string of the molecule is C=C(CO)C(=O)Cl. The summed E-state index contributed by atoms with van der Waals surface area (Å²) in [6, 6.07) is 0. The van der Waals surface area contributed by atoms with Crippen molar-refractivity contribution in [1.82, 2.24) is 0 Å². The maximum Gasteiger partial charge on any atom is 0.250 e. The molecule has 0 rings (SSSR count). The second-order valence-corrected chi connectivity index (χ2v) is 1.38. The smallest absolute Gasteiger partial charge is 0.250 e. The fourth-order valence-electron chi connectivity index (χ4n) is 0.0622. The van der Waals surface area contributed by atoms with E-state index in [-0.39, 0.29) is 12.2 Å². The van der Waals surface area contributed by atoms with E-state index in [0.29, 0.717) is 0 Å². The largest absolute Gasteiger partial charge is 0.392 e. The Hall–Kier alpha value is -0.340. The van der Waals surface area contributed by atoms with Crippen LogP contribution in [-0.4, -0.2) is 17.0 Å². The van der Waals surface area contributed by atoms with Crippen molar-refractivity contribution in [2.45, 2.75) is 0 Å². The van der Waals surface area contributed by atoms with Crippen molar-refractivity contribution in [3.8, 4) is 0 Å². The summed E-state index contributed by atoms with van der Waals surface area (Å²) in [5.74, 6) is 0. The van der Waals surface area contributed by atoms with Gasteiger partial charge in [-0.25, -0.2) is 0 Å². The Labute approximate surface area is 46.4 Å². The zero-order valence-corrected chi connectivity index (χ0v) is 4.40. The average Bonchev–Trinajstić information content (AvgIpc) is 1.65. The van der Waals surface area contributed by atoms with Gasteiger partial charge in [0.05, 0.1) is 6.61 Å². The Bertz CT molecular complexity index is 97.9. The molecule has 0 atom stereocenters. The van der Waals surface area contributed by atoms with Crippen LogP contribution >= 0.6 is 11.6 Å². The molecule has 0 saturated heterocycles. The highest BCUT2D eigenvalue weighted by atomic mass is 35.5. The molecule has 1 N–H and O–H groups in total. The Morgan fingerprint density at radius 1 is 1.86 bits per heavy atom. The lowest BCUT2D eigenvalue weighted by Crippen LogP contribution is -1.95. The molecule has 0 aliphatic rings. The number of carbonyl (C=O) groups is 1. The van der Waals surface area contributed by atoms with Crippen molar-refractivity contribution in [1.29, 1.82) is 0 Å². The van der Waals surface area contributed by atoms with E-state index in [1.54, 1.807) is 0 Å². The molecule has 40 valence electrons. The molecule has 0 aromatic rings. The van der Waals surface area contributed by atoms with Gasteiger partial charge in [-0.15, -0.1) is 0 Å². The van der Waals surface area contributed by atoms with E-state index in [2.05, 4.69) is 6.58 Å². The van der Waals surface area contributed by atoms with Gasteiger partial charge in [0.25, 0.3) is 0 Å². The standard InChI is InChI=1S/C4H5ClO2/c1-3(2-6)4(5)7/h6H,1-2H2. The normalized spacial score (nSPS) is 8.29. The van der Waals surface area contributed by atoms with Crippen molar-refractivity contribution in [3.63, 3.8) is 0 Å². The van der Waals surface area contributed by atoms with Crippen molar-refractivity contribution in [2.75, 3.05) is 6.61 Å². The molecule has 0 bridgehead atoms. The number of hydrogen-bond acceptors (Lipinski definition) is 2. The quantitative estimate of drug-likeness (QED) is 0.421. The highest BCUT2D eigenvalue weighted by Gasteiger charge is 1.97. The van der Waals surface area contributed by atoms with Crippen LogP contribution in [0, 0.1) is 0 Å². The van der Waals surface area contributed by atoms with Gasteiger partial charge in [-0.05, 0) is 11.6 Å². The first-order chi connectivity index (χ1) is 3.18. The van der Waals surface area contributed by atoms with E-state index >= 15 is 0 Å². The summed E-state index contributed by atoms with van der Waals surface area (Å²) in [7, 11) is 0. The van der Waals surface area contributed by atoms with Crippen LogP contribution in [0.25, 0.3) is 0 Å². The molecule has 7 heavy (non-hydrogen) atoms. The minimum absolute atomic E-state index is 0.0293. The number of aliphatic hydroxyl groups excluding tert-OH is 1. The molecule has 0 aliphatic heterocycles. The number of rotatable bonds is 2. The van der Waals surface area contributed by atoms with E-state index < -0.39 is 5.24 Å². The van der Waals surface area contributed by atoms with Gasteiger partial charge in [0, 0.05) is 5.57 Å². The molecule has 0 aromatic carbocycles. The van der Waals surface area contributed by atoms with Gasteiger partial charge in [-0.2, -0.15) is 0 Å². The van der Waals surface area contributed by atoms with E-state index in [4.69, 9.17) is 16.7 Å². The van der Waals surface area contributed by atoms with Crippen LogP contribution in [0.3, 0.4) is 0 Å². The van der Waals surface area contributed by atoms with Crippen LogP contribution in [-0.2, 0) is 4.79 Å². The molecule has 0 amide bonds. The van der Waals surface area contributed by atoms with Crippen LogP contribution in [0.5, 0.6) is 0 Å². The highest BCUT2D eigenvalue weighted by Crippen LogP contribution is 1.92. The Morgan fingerprint density at radius 3 is 2.29 bits per heavy atom. The topological polar surface area (TPSA) is 37.3 Å². The predicted octanol–water partition coefficient (Wildman–Crippen LogP) is 0.300. The monoisotopic (exact) mass is 120 g/mol. The molecule has 3 heteroatoms. The van der Waals surface area contributed by atoms with E-state index in [1.165, 1.54) is 0 Å². The molecule has 0 radical (unpaired) electrons. The van der Waals surface area contributed by atoms with E-state index in [0.717, 1.165) is 0 Å². The minimum atomic E-state index is -0.678. The zero-order chi connectivity index (χ0) is 5.86. The first kappa shape index (κ1) is 6.66. The second-order valence-electron chi connectivity index (χ2n) is 1.04. The lowest BCUT2D eigenvalue weighted by atomic mass is 10.4. The van der Waals surface area contributed by atoms with Crippen molar-refractivity contribution < 1.29 is 9.90 Å².